The van der Waals surface area contributed by atoms with E-state index in [2.05, 4.69) is 57.0 Å². The van der Waals surface area contributed by atoms with E-state index in [0.29, 0.717) is 13.1 Å². The zero-order valence-corrected chi connectivity index (χ0v) is 19.7. The second kappa shape index (κ2) is 11.1. The molecule has 0 spiro atoms. The highest BCUT2D eigenvalue weighted by Gasteiger charge is 2.45. The average Bonchev–Trinajstić information content (AvgIpc) is 3.37. The van der Waals surface area contributed by atoms with Crippen LogP contribution in [0.3, 0.4) is 0 Å². The first kappa shape index (κ1) is 23.2. The number of aliphatic imine (C=N–C) groups is 1. The molecule has 1 amide bonds. The van der Waals surface area contributed by atoms with Crippen LogP contribution in [-0.4, -0.2) is 38.0 Å². The number of amides is 1. The van der Waals surface area contributed by atoms with Crippen molar-refractivity contribution in [1.82, 2.24) is 16.0 Å². The Morgan fingerprint density at radius 3 is 2.42 bits per heavy atom. The zero-order valence-electron chi connectivity index (χ0n) is 15.8. The number of halogens is 2. The largest absolute Gasteiger partial charge is 0.357 e. The summed E-state index contributed by atoms with van der Waals surface area (Å²) in [6.45, 7) is 8.67. The second-order valence-electron chi connectivity index (χ2n) is 6.83. The smallest absolute Gasteiger partial charge is 0.222 e. The molecule has 146 valence electrons. The Bertz CT molecular complexity index is 617. The van der Waals surface area contributed by atoms with Crippen LogP contribution in [0.15, 0.2) is 33.7 Å². The summed E-state index contributed by atoms with van der Waals surface area (Å²) in [5.74, 6) is 0.898. The van der Waals surface area contributed by atoms with Crippen molar-refractivity contribution in [3.05, 3.63) is 34.3 Å². The molecule has 0 bridgehead atoms. The second-order valence-corrected chi connectivity index (χ2v) is 7.68. The van der Waals surface area contributed by atoms with E-state index in [1.54, 1.807) is 0 Å². The maximum Gasteiger partial charge on any atom is 0.222 e. The molecule has 1 saturated carbocycles. The number of carbonyl (C=O) groups is 1. The van der Waals surface area contributed by atoms with Crippen molar-refractivity contribution in [2.45, 2.75) is 39.0 Å². The lowest BCUT2D eigenvalue weighted by molar-refractivity contribution is -0.123. The number of nitrogens with one attached hydrogen (secondary N) is 3. The van der Waals surface area contributed by atoms with E-state index in [0.717, 1.165) is 23.5 Å². The summed E-state index contributed by atoms with van der Waals surface area (Å²) < 4.78 is 1.16. The molecule has 5 nitrogen and oxygen atoms in total. The summed E-state index contributed by atoms with van der Waals surface area (Å²) >= 11 is 3.67. The van der Waals surface area contributed by atoms with E-state index in [-0.39, 0.29) is 41.2 Å². The van der Waals surface area contributed by atoms with Crippen LogP contribution in [0, 0.1) is 5.92 Å². The molecule has 0 aromatic heterocycles. The fraction of sp³-hybridized carbons (Fsp3) is 0.579. The molecule has 0 aliphatic heterocycles. The molecular weight excluding hydrogens is 507 g/mol. The van der Waals surface area contributed by atoms with E-state index in [9.17, 15) is 4.79 Å². The van der Waals surface area contributed by atoms with Gasteiger partial charge < -0.3 is 16.0 Å². The van der Waals surface area contributed by atoms with Crippen LogP contribution < -0.4 is 16.0 Å². The van der Waals surface area contributed by atoms with Gasteiger partial charge in [-0.1, -0.05) is 48.0 Å². The molecule has 0 unspecified atom stereocenters. The fourth-order valence-electron chi connectivity index (χ4n) is 2.70. The highest BCUT2D eigenvalue weighted by Crippen LogP contribution is 2.50. The third-order valence-corrected chi connectivity index (χ3v) is 5.12. The van der Waals surface area contributed by atoms with Crippen molar-refractivity contribution in [2.24, 2.45) is 10.9 Å². The number of benzene rings is 1. The third kappa shape index (κ3) is 6.72. The Kier molecular flexibility index (Phi) is 9.92. The van der Waals surface area contributed by atoms with Gasteiger partial charge in [-0.05, 0) is 31.4 Å². The zero-order chi connectivity index (χ0) is 18.3. The van der Waals surface area contributed by atoms with Gasteiger partial charge in [0.1, 0.15) is 0 Å². The minimum Gasteiger partial charge on any atom is -0.357 e. The van der Waals surface area contributed by atoms with Gasteiger partial charge in [0.25, 0.3) is 0 Å². The van der Waals surface area contributed by atoms with Crippen LogP contribution in [0.4, 0.5) is 0 Å². The van der Waals surface area contributed by atoms with Crippen LogP contribution in [0.2, 0.25) is 0 Å². The van der Waals surface area contributed by atoms with Crippen molar-refractivity contribution in [1.29, 1.82) is 0 Å². The van der Waals surface area contributed by atoms with Gasteiger partial charge >= 0.3 is 0 Å². The molecule has 3 N–H and O–H groups in total. The SMILES string of the molecule is CCNC(=NCC1(c2ccccc2Br)CC1)NCCNC(=O)C(C)C.I. The lowest BCUT2D eigenvalue weighted by Crippen LogP contribution is -2.42. The van der Waals surface area contributed by atoms with Crippen molar-refractivity contribution < 1.29 is 4.79 Å². The van der Waals surface area contributed by atoms with Gasteiger partial charge in [0.05, 0.1) is 6.54 Å². The van der Waals surface area contributed by atoms with E-state index in [1.807, 2.05) is 19.9 Å². The third-order valence-electron chi connectivity index (χ3n) is 4.42. The number of nitrogens with zero attached hydrogens (tertiary/aromatic N) is 1. The van der Waals surface area contributed by atoms with E-state index in [1.165, 1.54) is 18.4 Å². The van der Waals surface area contributed by atoms with Crippen LogP contribution >= 0.6 is 39.9 Å². The maximum absolute atomic E-state index is 11.6. The number of hydrogen-bond acceptors (Lipinski definition) is 2. The summed E-state index contributed by atoms with van der Waals surface area (Å²) in [7, 11) is 0. The summed E-state index contributed by atoms with van der Waals surface area (Å²) in [4.78, 5) is 16.4. The Morgan fingerprint density at radius 2 is 1.85 bits per heavy atom. The average molecular weight is 537 g/mol. The monoisotopic (exact) mass is 536 g/mol. The van der Waals surface area contributed by atoms with Gasteiger partial charge in [0.2, 0.25) is 5.91 Å². The molecule has 0 saturated heterocycles. The van der Waals surface area contributed by atoms with Gasteiger partial charge in [-0.25, -0.2) is 0 Å². The Balaban J connectivity index is 0.00000338. The number of hydrogen-bond donors (Lipinski definition) is 3. The first-order valence-corrected chi connectivity index (χ1v) is 9.83. The number of rotatable bonds is 8. The topological polar surface area (TPSA) is 65.5 Å². The van der Waals surface area contributed by atoms with Gasteiger partial charge in [0.15, 0.2) is 5.96 Å². The minimum absolute atomic E-state index is 0. The number of guanidine groups is 1. The number of carbonyl (C=O) groups excluding carboxylic acids is 1. The van der Waals surface area contributed by atoms with Crippen LogP contribution in [0.1, 0.15) is 39.2 Å². The molecule has 0 radical (unpaired) electrons. The van der Waals surface area contributed by atoms with E-state index < -0.39 is 0 Å². The molecular formula is C19H30BrIN4O. The van der Waals surface area contributed by atoms with Crippen molar-refractivity contribution in [3.8, 4) is 0 Å². The first-order chi connectivity index (χ1) is 12.0. The Hall–Kier alpha value is -0.830. The molecule has 26 heavy (non-hydrogen) atoms. The summed E-state index contributed by atoms with van der Waals surface area (Å²) in [6, 6.07) is 8.42. The molecule has 1 aliphatic rings. The standard InChI is InChI=1S/C19H29BrN4O.HI/c1-4-21-18(23-12-11-22-17(25)14(2)3)24-13-19(9-10-19)15-7-5-6-8-16(15)20;/h5-8,14H,4,9-13H2,1-3H3,(H,22,25)(H2,21,23,24);1H. The van der Waals surface area contributed by atoms with E-state index >= 15 is 0 Å². The van der Waals surface area contributed by atoms with Crippen molar-refractivity contribution in [3.63, 3.8) is 0 Å². The highest BCUT2D eigenvalue weighted by molar-refractivity contribution is 14.0. The van der Waals surface area contributed by atoms with Gasteiger partial charge in [0, 0.05) is 35.4 Å². The lowest BCUT2D eigenvalue weighted by atomic mass is 9.96. The van der Waals surface area contributed by atoms with Crippen molar-refractivity contribution in [2.75, 3.05) is 26.2 Å². The normalized spacial score (nSPS) is 15.2. The van der Waals surface area contributed by atoms with Gasteiger partial charge in [-0.3, -0.25) is 9.79 Å². The Morgan fingerprint density at radius 1 is 1.19 bits per heavy atom. The summed E-state index contributed by atoms with van der Waals surface area (Å²) in [6.07, 6.45) is 2.34. The maximum atomic E-state index is 11.6. The lowest BCUT2D eigenvalue weighted by Gasteiger charge is -2.17. The Labute approximate surface area is 182 Å². The fourth-order valence-corrected chi connectivity index (χ4v) is 3.40. The molecule has 1 aliphatic carbocycles. The predicted molar refractivity (Wildman–Crippen MR) is 122 cm³/mol. The minimum atomic E-state index is 0. The molecule has 1 aromatic rings. The molecule has 0 heterocycles. The molecule has 1 aromatic carbocycles. The molecule has 1 fully saturated rings. The summed E-state index contributed by atoms with van der Waals surface area (Å²) in [5, 5.41) is 9.48. The van der Waals surface area contributed by atoms with Crippen LogP contribution in [0.25, 0.3) is 0 Å². The molecule has 2 rings (SSSR count). The molecule has 7 heteroatoms. The summed E-state index contributed by atoms with van der Waals surface area (Å²) in [5.41, 5.74) is 1.51. The first-order valence-electron chi connectivity index (χ1n) is 9.03. The van der Waals surface area contributed by atoms with E-state index in [4.69, 9.17) is 4.99 Å². The quantitative estimate of drug-likeness (QED) is 0.206. The van der Waals surface area contributed by atoms with Crippen LogP contribution in [-0.2, 0) is 10.2 Å². The van der Waals surface area contributed by atoms with Crippen LogP contribution in [0.5, 0.6) is 0 Å². The predicted octanol–water partition coefficient (Wildman–Crippen LogP) is 3.43. The van der Waals surface area contributed by atoms with Gasteiger partial charge in [-0.15, -0.1) is 24.0 Å². The molecule has 0 atom stereocenters. The highest BCUT2D eigenvalue weighted by atomic mass is 127. The van der Waals surface area contributed by atoms with Crippen molar-refractivity contribution >= 4 is 51.8 Å². The van der Waals surface area contributed by atoms with Gasteiger partial charge in [-0.2, -0.15) is 0 Å².